The quantitative estimate of drug-likeness (QED) is 0.358. The van der Waals surface area contributed by atoms with E-state index in [2.05, 4.69) is 20.1 Å². The number of nitrogens with one attached hydrogen (secondary N) is 1. The van der Waals surface area contributed by atoms with E-state index in [1.165, 1.54) is 25.3 Å². The van der Waals surface area contributed by atoms with Crippen LogP contribution in [0.5, 0.6) is 5.75 Å². The van der Waals surface area contributed by atoms with Gasteiger partial charge in [0.15, 0.2) is 17.5 Å². The summed E-state index contributed by atoms with van der Waals surface area (Å²) in [5, 5.41) is 12.2. The van der Waals surface area contributed by atoms with Gasteiger partial charge in [-0.15, -0.1) is 24.0 Å². The highest BCUT2D eigenvalue weighted by molar-refractivity contribution is 14.0. The summed E-state index contributed by atoms with van der Waals surface area (Å²) in [6.07, 6.45) is 0. The molecule has 1 aliphatic heterocycles. The predicted octanol–water partition coefficient (Wildman–Crippen LogP) is 3.36. The van der Waals surface area contributed by atoms with E-state index in [4.69, 9.17) is 10.00 Å². The number of hydrogen-bond acceptors (Lipinski definition) is 4. The molecule has 2 aromatic rings. The first-order chi connectivity index (χ1) is 14.5. The lowest BCUT2D eigenvalue weighted by molar-refractivity contribution is 0.172. The van der Waals surface area contributed by atoms with Crippen molar-refractivity contribution in [3.05, 3.63) is 64.7 Å². The summed E-state index contributed by atoms with van der Waals surface area (Å²) in [4.78, 5) is 8.66. The highest BCUT2D eigenvalue weighted by atomic mass is 127. The third-order valence-electron chi connectivity index (χ3n) is 5.12. The fourth-order valence-corrected chi connectivity index (χ4v) is 3.47. The molecule has 1 heterocycles. The number of aliphatic imine (C=N–C) groups is 1. The normalized spacial score (nSPS) is 14.5. The lowest BCUT2D eigenvalue weighted by Crippen LogP contribution is -2.52. The number of hydrogen-bond donors (Lipinski definition) is 1. The largest absolute Gasteiger partial charge is 0.494 e. The Kier molecular flexibility index (Phi) is 9.45. The maximum Gasteiger partial charge on any atom is 0.194 e. The zero-order valence-corrected chi connectivity index (χ0v) is 19.9. The number of rotatable bonds is 5. The molecule has 0 spiro atoms. The minimum atomic E-state index is -0.356. The number of methoxy groups -OCH3 is 1. The summed E-state index contributed by atoms with van der Waals surface area (Å²) in [6.45, 7) is 4.00. The van der Waals surface area contributed by atoms with E-state index in [1.54, 1.807) is 19.2 Å². The van der Waals surface area contributed by atoms with Crippen LogP contribution in [-0.4, -0.2) is 56.1 Å². The summed E-state index contributed by atoms with van der Waals surface area (Å²) in [5.74, 6) is 0.224. The summed E-state index contributed by atoms with van der Waals surface area (Å²) < 4.78 is 32.9. The van der Waals surface area contributed by atoms with E-state index >= 15 is 0 Å². The molecule has 0 aliphatic carbocycles. The molecule has 0 radical (unpaired) electrons. The lowest BCUT2D eigenvalue weighted by Gasteiger charge is -2.36. The van der Waals surface area contributed by atoms with Gasteiger partial charge in [-0.25, -0.2) is 8.78 Å². The molecule has 0 atom stereocenters. The molecule has 0 bridgehead atoms. The van der Waals surface area contributed by atoms with E-state index in [0.717, 1.165) is 31.7 Å². The van der Waals surface area contributed by atoms with Crippen molar-refractivity contribution in [1.82, 2.24) is 15.1 Å². The van der Waals surface area contributed by atoms with Gasteiger partial charge in [-0.1, -0.05) is 6.07 Å². The van der Waals surface area contributed by atoms with Crippen molar-refractivity contribution in [3.8, 4) is 11.8 Å². The SMILES string of the molecule is CN=C(NCc1cc(C#N)ccc1F)N1CCN(Cc2ccc(OC)c(F)c2)CC1.I. The van der Waals surface area contributed by atoms with Crippen LogP contribution < -0.4 is 10.1 Å². The maximum absolute atomic E-state index is 14.0. The Morgan fingerprint density at radius 3 is 2.48 bits per heavy atom. The third kappa shape index (κ3) is 6.51. The van der Waals surface area contributed by atoms with Crippen LogP contribution in [0.1, 0.15) is 16.7 Å². The van der Waals surface area contributed by atoms with E-state index < -0.39 is 0 Å². The molecular weight excluding hydrogens is 515 g/mol. The van der Waals surface area contributed by atoms with Crippen molar-refractivity contribution < 1.29 is 13.5 Å². The van der Waals surface area contributed by atoms with Crippen LogP contribution in [-0.2, 0) is 13.1 Å². The molecule has 1 saturated heterocycles. The summed E-state index contributed by atoms with van der Waals surface area (Å²) >= 11 is 0. The average molecular weight is 541 g/mol. The average Bonchev–Trinajstić information content (AvgIpc) is 2.76. The van der Waals surface area contributed by atoms with Crippen molar-refractivity contribution in [2.24, 2.45) is 4.99 Å². The number of nitriles is 1. The second-order valence-corrected chi connectivity index (χ2v) is 7.05. The molecule has 0 amide bonds. The molecule has 166 valence electrons. The van der Waals surface area contributed by atoms with Crippen molar-refractivity contribution in [2.45, 2.75) is 13.1 Å². The molecule has 1 aliphatic rings. The maximum atomic E-state index is 14.0. The predicted molar refractivity (Wildman–Crippen MR) is 127 cm³/mol. The van der Waals surface area contributed by atoms with Crippen molar-refractivity contribution >= 4 is 29.9 Å². The number of nitrogens with zero attached hydrogens (tertiary/aromatic N) is 4. The highest BCUT2D eigenvalue weighted by Gasteiger charge is 2.20. The Morgan fingerprint density at radius 1 is 1.13 bits per heavy atom. The van der Waals surface area contributed by atoms with E-state index in [1.807, 2.05) is 12.1 Å². The van der Waals surface area contributed by atoms with Crippen LogP contribution in [0, 0.1) is 23.0 Å². The first-order valence-electron chi connectivity index (χ1n) is 9.73. The molecule has 0 saturated carbocycles. The first kappa shape index (κ1) is 24.8. The Bertz CT molecular complexity index is 955. The lowest BCUT2D eigenvalue weighted by atomic mass is 10.1. The Hall–Kier alpha value is -2.45. The molecular formula is C22H26F2IN5O. The van der Waals surface area contributed by atoms with Crippen molar-refractivity contribution in [2.75, 3.05) is 40.3 Å². The minimum Gasteiger partial charge on any atom is -0.494 e. The molecule has 0 unspecified atom stereocenters. The smallest absolute Gasteiger partial charge is 0.194 e. The fourth-order valence-electron chi connectivity index (χ4n) is 3.47. The number of guanidine groups is 1. The van der Waals surface area contributed by atoms with Gasteiger partial charge >= 0.3 is 0 Å². The molecule has 0 aromatic heterocycles. The van der Waals surface area contributed by atoms with Crippen LogP contribution in [0.3, 0.4) is 0 Å². The van der Waals surface area contributed by atoms with Crippen molar-refractivity contribution in [3.63, 3.8) is 0 Å². The van der Waals surface area contributed by atoms with Gasteiger partial charge in [0.05, 0.1) is 18.7 Å². The van der Waals surface area contributed by atoms with E-state index in [0.29, 0.717) is 23.6 Å². The molecule has 9 heteroatoms. The van der Waals surface area contributed by atoms with Gasteiger partial charge in [-0.3, -0.25) is 9.89 Å². The molecule has 1 N–H and O–H groups in total. The molecule has 2 aromatic carbocycles. The zero-order valence-electron chi connectivity index (χ0n) is 17.6. The zero-order chi connectivity index (χ0) is 21.5. The van der Waals surface area contributed by atoms with Gasteiger partial charge in [0.2, 0.25) is 0 Å². The van der Waals surface area contributed by atoms with Crippen LogP contribution in [0.2, 0.25) is 0 Å². The number of piperazine rings is 1. The minimum absolute atomic E-state index is 0. The molecule has 31 heavy (non-hydrogen) atoms. The second-order valence-electron chi connectivity index (χ2n) is 7.05. The number of benzene rings is 2. The summed E-state index contributed by atoms with van der Waals surface area (Å²) in [5.41, 5.74) is 1.75. The monoisotopic (exact) mass is 541 g/mol. The molecule has 3 rings (SSSR count). The van der Waals surface area contributed by atoms with E-state index in [9.17, 15) is 8.78 Å². The number of ether oxygens (including phenoxy) is 1. The van der Waals surface area contributed by atoms with Gasteiger partial charge in [0, 0.05) is 51.9 Å². The molecule has 1 fully saturated rings. The van der Waals surface area contributed by atoms with Crippen LogP contribution >= 0.6 is 24.0 Å². The van der Waals surface area contributed by atoms with Gasteiger partial charge in [0.1, 0.15) is 5.82 Å². The number of halogens is 3. The van der Waals surface area contributed by atoms with Crippen LogP contribution in [0.4, 0.5) is 8.78 Å². The highest BCUT2D eigenvalue weighted by Crippen LogP contribution is 2.19. The van der Waals surface area contributed by atoms with Gasteiger partial charge < -0.3 is 15.0 Å². The Balaban J connectivity index is 0.00000341. The third-order valence-corrected chi connectivity index (χ3v) is 5.12. The van der Waals surface area contributed by atoms with Gasteiger partial charge in [-0.05, 0) is 35.9 Å². The van der Waals surface area contributed by atoms with Crippen LogP contribution in [0.15, 0.2) is 41.4 Å². The Morgan fingerprint density at radius 2 is 1.87 bits per heavy atom. The van der Waals surface area contributed by atoms with E-state index in [-0.39, 0.29) is 47.9 Å². The van der Waals surface area contributed by atoms with Crippen molar-refractivity contribution in [1.29, 1.82) is 5.26 Å². The van der Waals surface area contributed by atoms with Gasteiger partial charge in [-0.2, -0.15) is 5.26 Å². The first-order valence-corrected chi connectivity index (χ1v) is 9.73. The Labute approximate surface area is 198 Å². The second kappa shape index (κ2) is 11.8. The molecule has 6 nitrogen and oxygen atoms in total. The summed E-state index contributed by atoms with van der Waals surface area (Å²) in [6, 6.07) is 11.4. The standard InChI is InChI=1S/C22H25F2N5O.HI/c1-26-22(27-14-18-11-16(13-25)3-5-19(18)23)29-9-7-28(8-10-29)15-17-4-6-21(30-2)20(24)12-17;/h3-6,11-12H,7-10,14-15H2,1-2H3,(H,26,27);1H. The van der Waals surface area contributed by atoms with Gasteiger partial charge in [0.25, 0.3) is 0 Å². The summed E-state index contributed by atoms with van der Waals surface area (Å²) in [7, 11) is 3.14. The fraction of sp³-hybridized carbons (Fsp3) is 0.364. The topological polar surface area (TPSA) is 63.9 Å². The van der Waals surface area contributed by atoms with Crippen LogP contribution in [0.25, 0.3) is 0 Å².